The Labute approximate surface area is 105 Å². The SMILES string of the molecule is OC(CNC(c1ccccc1)C(F)(F)F)C(F)(F)F. The number of hydrogen-bond acceptors (Lipinski definition) is 2. The lowest BCUT2D eigenvalue weighted by Gasteiger charge is -2.24. The lowest BCUT2D eigenvalue weighted by Crippen LogP contribution is -2.43. The zero-order valence-electron chi connectivity index (χ0n) is 9.46. The van der Waals surface area contributed by atoms with Crippen molar-refractivity contribution in [2.75, 3.05) is 6.54 Å². The van der Waals surface area contributed by atoms with Crippen molar-refractivity contribution in [2.24, 2.45) is 0 Å². The number of benzene rings is 1. The molecule has 2 N–H and O–H groups in total. The van der Waals surface area contributed by atoms with Crippen molar-refractivity contribution in [3.63, 3.8) is 0 Å². The highest BCUT2D eigenvalue weighted by molar-refractivity contribution is 5.20. The number of hydrogen-bond donors (Lipinski definition) is 2. The van der Waals surface area contributed by atoms with Gasteiger partial charge in [-0.25, -0.2) is 0 Å². The van der Waals surface area contributed by atoms with Crippen LogP contribution in [0.3, 0.4) is 0 Å². The molecule has 19 heavy (non-hydrogen) atoms. The van der Waals surface area contributed by atoms with Crippen LogP contribution in [0.5, 0.6) is 0 Å². The number of aliphatic hydroxyl groups is 1. The normalized spacial score (nSPS) is 16.2. The first-order valence-corrected chi connectivity index (χ1v) is 5.22. The summed E-state index contributed by atoms with van der Waals surface area (Å²) in [4.78, 5) is 0. The van der Waals surface area contributed by atoms with Gasteiger partial charge in [-0.15, -0.1) is 0 Å². The molecule has 0 aliphatic heterocycles. The van der Waals surface area contributed by atoms with Crippen LogP contribution in [-0.4, -0.2) is 30.1 Å². The van der Waals surface area contributed by atoms with Gasteiger partial charge in [0.2, 0.25) is 0 Å². The Kier molecular flexibility index (Phi) is 4.81. The molecule has 2 nitrogen and oxygen atoms in total. The molecule has 0 aliphatic rings. The van der Waals surface area contributed by atoms with Gasteiger partial charge < -0.3 is 5.11 Å². The van der Waals surface area contributed by atoms with Gasteiger partial charge in [-0.05, 0) is 5.56 Å². The molecular formula is C11H11F6NO. The van der Waals surface area contributed by atoms with Crippen LogP contribution >= 0.6 is 0 Å². The smallest absolute Gasteiger partial charge is 0.382 e. The second kappa shape index (κ2) is 5.79. The molecule has 1 rings (SSSR count). The summed E-state index contributed by atoms with van der Waals surface area (Å²) in [6.45, 7) is -1.23. The van der Waals surface area contributed by atoms with E-state index in [-0.39, 0.29) is 5.56 Å². The van der Waals surface area contributed by atoms with Gasteiger partial charge in [-0.3, -0.25) is 5.32 Å². The Morgan fingerprint density at radius 3 is 1.89 bits per heavy atom. The molecule has 0 aliphatic carbocycles. The van der Waals surface area contributed by atoms with Crippen molar-refractivity contribution in [3.8, 4) is 0 Å². The Bertz CT molecular complexity index is 388. The van der Waals surface area contributed by atoms with Crippen LogP contribution in [0.2, 0.25) is 0 Å². The van der Waals surface area contributed by atoms with Crippen LogP contribution in [0, 0.1) is 0 Å². The molecule has 0 bridgehead atoms. The Balaban J connectivity index is 2.79. The van der Waals surface area contributed by atoms with E-state index in [1.54, 1.807) is 5.32 Å². The zero-order valence-corrected chi connectivity index (χ0v) is 9.46. The van der Waals surface area contributed by atoms with Crippen LogP contribution in [-0.2, 0) is 0 Å². The third-order valence-corrected chi connectivity index (χ3v) is 2.35. The van der Waals surface area contributed by atoms with Gasteiger partial charge in [-0.2, -0.15) is 26.3 Å². The van der Waals surface area contributed by atoms with Crippen molar-refractivity contribution < 1.29 is 31.4 Å². The summed E-state index contributed by atoms with van der Waals surface area (Å²) in [6.07, 6.45) is -12.6. The van der Waals surface area contributed by atoms with E-state index in [2.05, 4.69) is 0 Å². The molecule has 0 amide bonds. The molecular weight excluding hydrogens is 276 g/mol. The number of halogens is 6. The first-order chi connectivity index (χ1) is 8.62. The first-order valence-electron chi connectivity index (χ1n) is 5.22. The van der Waals surface area contributed by atoms with Gasteiger partial charge >= 0.3 is 12.4 Å². The van der Waals surface area contributed by atoms with Crippen molar-refractivity contribution in [3.05, 3.63) is 35.9 Å². The van der Waals surface area contributed by atoms with E-state index >= 15 is 0 Å². The summed E-state index contributed by atoms with van der Waals surface area (Å²) in [5.74, 6) is 0. The van der Waals surface area contributed by atoms with Gasteiger partial charge in [0.15, 0.2) is 6.10 Å². The monoisotopic (exact) mass is 287 g/mol. The van der Waals surface area contributed by atoms with Gasteiger partial charge in [0, 0.05) is 6.54 Å². The number of alkyl halides is 6. The summed E-state index contributed by atoms with van der Waals surface area (Å²) in [7, 11) is 0. The van der Waals surface area contributed by atoms with Crippen molar-refractivity contribution in [1.29, 1.82) is 0 Å². The summed E-state index contributed by atoms with van der Waals surface area (Å²) < 4.78 is 74.3. The van der Waals surface area contributed by atoms with Gasteiger partial charge in [0.1, 0.15) is 6.04 Å². The molecule has 0 saturated heterocycles. The Hall–Kier alpha value is -1.28. The summed E-state index contributed by atoms with van der Waals surface area (Å²) in [6, 6.07) is 4.20. The van der Waals surface area contributed by atoms with Crippen molar-refractivity contribution >= 4 is 0 Å². The molecule has 0 radical (unpaired) electrons. The molecule has 0 saturated carbocycles. The maximum atomic E-state index is 12.7. The third-order valence-electron chi connectivity index (χ3n) is 2.35. The maximum Gasteiger partial charge on any atom is 0.415 e. The van der Waals surface area contributed by atoms with E-state index in [9.17, 15) is 26.3 Å². The third kappa shape index (κ3) is 4.71. The van der Waals surface area contributed by atoms with Crippen LogP contribution in [0.25, 0.3) is 0 Å². The summed E-state index contributed by atoms with van der Waals surface area (Å²) in [5, 5.41) is 10.4. The van der Waals surface area contributed by atoms with Gasteiger partial charge in [0.25, 0.3) is 0 Å². The second-order valence-electron chi connectivity index (χ2n) is 3.85. The minimum absolute atomic E-state index is 0.218. The van der Waals surface area contributed by atoms with Crippen LogP contribution in [0.15, 0.2) is 30.3 Å². The number of nitrogens with one attached hydrogen (secondary N) is 1. The van der Waals surface area contributed by atoms with E-state index in [0.29, 0.717) is 0 Å². The Morgan fingerprint density at radius 2 is 1.47 bits per heavy atom. The quantitative estimate of drug-likeness (QED) is 0.835. The highest BCUT2D eigenvalue weighted by atomic mass is 19.4. The molecule has 108 valence electrons. The molecule has 1 aromatic rings. The van der Waals surface area contributed by atoms with Crippen LogP contribution in [0.4, 0.5) is 26.3 Å². The average molecular weight is 287 g/mol. The Morgan fingerprint density at radius 1 is 0.947 bits per heavy atom. The lowest BCUT2D eigenvalue weighted by atomic mass is 10.1. The average Bonchev–Trinajstić information content (AvgIpc) is 2.27. The van der Waals surface area contributed by atoms with E-state index in [1.807, 2.05) is 0 Å². The molecule has 0 fully saturated rings. The fourth-order valence-corrected chi connectivity index (χ4v) is 1.41. The van der Waals surface area contributed by atoms with E-state index in [1.165, 1.54) is 18.2 Å². The minimum Gasteiger partial charge on any atom is -0.382 e. The van der Waals surface area contributed by atoms with E-state index < -0.39 is 31.0 Å². The van der Waals surface area contributed by atoms with Crippen molar-refractivity contribution in [1.82, 2.24) is 5.32 Å². The number of rotatable bonds is 4. The standard InChI is InChI=1S/C11H11F6NO/c12-10(13,14)8(19)6-18-9(11(15,16)17)7-4-2-1-3-5-7/h1-5,8-9,18-19H,6H2. The maximum absolute atomic E-state index is 12.7. The lowest BCUT2D eigenvalue weighted by molar-refractivity contribution is -0.207. The fourth-order valence-electron chi connectivity index (χ4n) is 1.41. The topological polar surface area (TPSA) is 32.3 Å². The van der Waals surface area contributed by atoms with Crippen LogP contribution in [0.1, 0.15) is 11.6 Å². The first kappa shape index (κ1) is 15.8. The van der Waals surface area contributed by atoms with E-state index in [4.69, 9.17) is 5.11 Å². The number of aliphatic hydroxyl groups excluding tert-OH is 1. The minimum atomic E-state index is -4.96. The van der Waals surface area contributed by atoms with E-state index in [0.717, 1.165) is 12.1 Å². The molecule has 8 heteroatoms. The molecule has 0 aromatic heterocycles. The highest BCUT2D eigenvalue weighted by Crippen LogP contribution is 2.32. The molecule has 1 aromatic carbocycles. The highest BCUT2D eigenvalue weighted by Gasteiger charge is 2.43. The molecule has 0 spiro atoms. The van der Waals surface area contributed by atoms with Crippen molar-refractivity contribution in [2.45, 2.75) is 24.5 Å². The molecule has 2 unspecified atom stereocenters. The van der Waals surface area contributed by atoms with Gasteiger partial charge in [0.05, 0.1) is 0 Å². The molecule has 2 atom stereocenters. The summed E-state index contributed by atoms with van der Waals surface area (Å²) in [5.41, 5.74) is -0.218. The zero-order chi connectivity index (χ0) is 14.7. The fraction of sp³-hybridized carbons (Fsp3) is 0.455. The second-order valence-corrected chi connectivity index (χ2v) is 3.85. The summed E-state index contributed by atoms with van der Waals surface area (Å²) >= 11 is 0. The largest absolute Gasteiger partial charge is 0.415 e. The molecule has 0 heterocycles. The van der Waals surface area contributed by atoms with Gasteiger partial charge in [-0.1, -0.05) is 30.3 Å². The predicted molar refractivity (Wildman–Crippen MR) is 55.3 cm³/mol. The predicted octanol–water partition coefficient (Wildman–Crippen LogP) is 2.80. The van der Waals surface area contributed by atoms with Crippen LogP contribution < -0.4 is 5.32 Å².